The van der Waals surface area contributed by atoms with Gasteiger partial charge in [0.05, 0.1) is 22.2 Å². The van der Waals surface area contributed by atoms with E-state index >= 15 is 0 Å². The molecular formula is C21H20N4O4. The minimum Gasteiger partial charge on any atom is -0.326 e. The number of rotatable bonds is 4. The van der Waals surface area contributed by atoms with E-state index in [9.17, 15) is 19.7 Å². The summed E-state index contributed by atoms with van der Waals surface area (Å²) in [6.45, 7) is 0.674. The fourth-order valence-electron chi connectivity index (χ4n) is 3.62. The summed E-state index contributed by atoms with van der Waals surface area (Å²) < 4.78 is 1.75. The molecule has 0 aliphatic carbocycles. The Bertz CT molecular complexity index is 1150. The Morgan fingerprint density at radius 2 is 1.93 bits per heavy atom. The molecule has 0 saturated heterocycles. The van der Waals surface area contributed by atoms with Gasteiger partial charge in [0.1, 0.15) is 5.82 Å². The third-order valence-corrected chi connectivity index (χ3v) is 5.11. The van der Waals surface area contributed by atoms with Crippen molar-refractivity contribution < 1.29 is 9.72 Å². The van der Waals surface area contributed by atoms with Crippen LogP contribution in [0.5, 0.6) is 0 Å². The van der Waals surface area contributed by atoms with Crippen molar-refractivity contribution in [2.75, 3.05) is 5.32 Å². The summed E-state index contributed by atoms with van der Waals surface area (Å²) in [6, 6.07) is 11.0. The first-order valence-corrected chi connectivity index (χ1v) is 9.58. The molecule has 148 valence electrons. The van der Waals surface area contributed by atoms with E-state index in [4.69, 9.17) is 0 Å². The monoisotopic (exact) mass is 392 g/mol. The van der Waals surface area contributed by atoms with Crippen molar-refractivity contribution in [3.05, 3.63) is 74.3 Å². The van der Waals surface area contributed by atoms with Crippen LogP contribution < -0.4 is 10.9 Å². The minimum absolute atomic E-state index is 0.0178. The molecular weight excluding hydrogens is 372 g/mol. The average Bonchev–Trinajstić information content (AvgIpc) is 2.94. The quantitative estimate of drug-likeness (QED) is 0.542. The first kappa shape index (κ1) is 18.8. The van der Waals surface area contributed by atoms with E-state index in [2.05, 4.69) is 10.3 Å². The standard InChI is InChI=1S/C21H20N4O4/c26-20(12-14-5-8-16(9-6-14)25(28)29)22-15-7-10-18-17(13-15)21(27)24-11-3-1-2-4-19(24)23-18/h5-10,13H,1-4,11-12H2,(H,22,26). The van der Waals surface area contributed by atoms with Crippen molar-refractivity contribution in [3.8, 4) is 0 Å². The molecule has 0 fully saturated rings. The van der Waals surface area contributed by atoms with Crippen LogP contribution in [0.25, 0.3) is 10.9 Å². The van der Waals surface area contributed by atoms with Gasteiger partial charge in [-0.15, -0.1) is 0 Å². The lowest BCUT2D eigenvalue weighted by atomic mass is 10.1. The maximum Gasteiger partial charge on any atom is 0.269 e. The van der Waals surface area contributed by atoms with Crippen molar-refractivity contribution in [2.45, 2.75) is 38.6 Å². The normalized spacial score (nSPS) is 13.5. The zero-order valence-corrected chi connectivity index (χ0v) is 15.8. The summed E-state index contributed by atoms with van der Waals surface area (Å²) in [4.78, 5) is 40.1. The molecule has 1 aliphatic rings. The van der Waals surface area contributed by atoms with Crippen LogP contribution in [0.3, 0.4) is 0 Å². The first-order valence-electron chi connectivity index (χ1n) is 9.58. The number of hydrogen-bond donors (Lipinski definition) is 1. The number of benzene rings is 2. The van der Waals surface area contributed by atoms with Crippen LogP contribution in [-0.2, 0) is 24.2 Å². The van der Waals surface area contributed by atoms with E-state index in [1.807, 2.05) is 0 Å². The average molecular weight is 392 g/mol. The van der Waals surface area contributed by atoms with Crippen LogP contribution in [0.15, 0.2) is 47.3 Å². The number of carbonyl (C=O) groups excluding carboxylic acids is 1. The Morgan fingerprint density at radius 3 is 2.69 bits per heavy atom. The zero-order chi connectivity index (χ0) is 20.4. The van der Waals surface area contributed by atoms with Crippen molar-refractivity contribution in [3.63, 3.8) is 0 Å². The van der Waals surface area contributed by atoms with Crippen molar-refractivity contribution in [2.24, 2.45) is 0 Å². The van der Waals surface area contributed by atoms with Gasteiger partial charge in [0.25, 0.3) is 11.2 Å². The smallest absolute Gasteiger partial charge is 0.269 e. The number of nitrogens with one attached hydrogen (secondary N) is 1. The third kappa shape index (κ3) is 4.01. The van der Waals surface area contributed by atoms with E-state index in [1.54, 1.807) is 34.9 Å². The summed E-state index contributed by atoms with van der Waals surface area (Å²) in [5.41, 5.74) is 1.74. The van der Waals surface area contributed by atoms with Crippen LogP contribution >= 0.6 is 0 Å². The van der Waals surface area contributed by atoms with Gasteiger partial charge in [-0.05, 0) is 36.6 Å². The highest BCUT2D eigenvalue weighted by atomic mass is 16.6. The number of carbonyl (C=O) groups is 1. The number of aryl methyl sites for hydroxylation is 1. The van der Waals surface area contributed by atoms with E-state index in [0.29, 0.717) is 28.7 Å². The van der Waals surface area contributed by atoms with Crippen molar-refractivity contribution in [1.82, 2.24) is 9.55 Å². The molecule has 0 spiro atoms. The van der Waals surface area contributed by atoms with E-state index < -0.39 is 4.92 Å². The number of nitro groups is 1. The van der Waals surface area contributed by atoms with Gasteiger partial charge >= 0.3 is 0 Å². The summed E-state index contributed by atoms with van der Waals surface area (Å²) in [7, 11) is 0. The molecule has 0 atom stereocenters. The molecule has 29 heavy (non-hydrogen) atoms. The van der Waals surface area contributed by atoms with Gasteiger partial charge in [-0.25, -0.2) is 4.98 Å². The second-order valence-corrected chi connectivity index (χ2v) is 7.18. The molecule has 0 unspecified atom stereocenters. The lowest BCUT2D eigenvalue weighted by molar-refractivity contribution is -0.384. The number of hydrogen-bond acceptors (Lipinski definition) is 5. The summed E-state index contributed by atoms with van der Waals surface area (Å²) in [6.07, 6.45) is 3.97. The molecule has 0 bridgehead atoms. The number of non-ortho nitro benzene ring substituents is 1. The molecule has 1 N–H and O–H groups in total. The molecule has 3 aromatic rings. The van der Waals surface area contributed by atoms with Crippen LogP contribution in [0.1, 0.15) is 30.7 Å². The second-order valence-electron chi connectivity index (χ2n) is 7.18. The molecule has 1 aromatic heterocycles. The molecule has 8 nitrogen and oxygen atoms in total. The van der Waals surface area contributed by atoms with Crippen LogP contribution in [0.4, 0.5) is 11.4 Å². The SMILES string of the molecule is O=C(Cc1ccc([N+](=O)[O-])cc1)Nc1ccc2nc3n(c(=O)c2c1)CCCCC3. The number of nitrogens with zero attached hydrogens (tertiary/aromatic N) is 3. The molecule has 4 rings (SSSR count). The van der Waals surface area contributed by atoms with Gasteiger partial charge in [-0.2, -0.15) is 0 Å². The molecule has 1 aliphatic heterocycles. The Hall–Kier alpha value is -3.55. The lowest BCUT2D eigenvalue weighted by Gasteiger charge is -2.11. The van der Waals surface area contributed by atoms with Gasteiger partial charge in [0.2, 0.25) is 5.91 Å². The zero-order valence-electron chi connectivity index (χ0n) is 15.8. The Morgan fingerprint density at radius 1 is 1.14 bits per heavy atom. The van der Waals surface area contributed by atoms with Gasteiger partial charge < -0.3 is 5.32 Å². The van der Waals surface area contributed by atoms with Gasteiger partial charge in [0, 0.05) is 30.8 Å². The van der Waals surface area contributed by atoms with Gasteiger partial charge in [0.15, 0.2) is 0 Å². The molecule has 1 amide bonds. The first-order chi connectivity index (χ1) is 14.0. The minimum atomic E-state index is -0.480. The van der Waals surface area contributed by atoms with E-state index in [-0.39, 0.29) is 23.6 Å². The highest BCUT2D eigenvalue weighted by Gasteiger charge is 2.14. The Labute approximate surface area is 166 Å². The number of anilines is 1. The van der Waals surface area contributed by atoms with Crippen LogP contribution in [0.2, 0.25) is 0 Å². The fourth-order valence-corrected chi connectivity index (χ4v) is 3.62. The number of aromatic nitrogens is 2. The predicted molar refractivity (Wildman–Crippen MR) is 109 cm³/mol. The summed E-state index contributed by atoms with van der Waals surface area (Å²) >= 11 is 0. The summed E-state index contributed by atoms with van der Waals surface area (Å²) in [5.74, 6) is 0.566. The second kappa shape index (κ2) is 7.83. The summed E-state index contributed by atoms with van der Waals surface area (Å²) in [5, 5.41) is 14.0. The topological polar surface area (TPSA) is 107 Å². The number of nitro benzene ring substituents is 1. The van der Waals surface area contributed by atoms with Crippen molar-refractivity contribution >= 4 is 28.2 Å². The maximum atomic E-state index is 12.9. The lowest BCUT2D eigenvalue weighted by Crippen LogP contribution is -2.24. The molecule has 2 heterocycles. The Kier molecular flexibility index (Phi) is 5.07. The third-order valence-electron chi connectivity index (χ3n) is 5.11. The molecule has 0 radical (unpaired) electrons. The predicted octanol–water partition coefficient (Wildman–Crippen LogP) is 3.21. The largest absolute Gasteiger partial charge is 0.326 e. The highest BCUT2D eigenvalue weighted by molar-refractivity contribution is 5.94. The Balaban J connectivity index is 1.54. The molecule has 8 heteroatoms. The van der Waals surface area contributed by atoms with Gasteiger partial charge in [-0.3, -0.25) is 24.3 Å². The fraction of sp³-hybridized carbons (Fsp3) is 0.286. The molecule has 0 saturated carbocycles. The van der Waals surface area contributed by atoms with Crippen LogP contribution in [0, 0.1) is 10.1 Å². The van der Waals surface area contributed by atoms with E-state index in [1.165, 1.54) is 12.1 Å². The molecule has 2 aromatic carbocycles. The van der Waals surface area contributed by atoms with E-state index in [0.717, 1.165) is 31.5 Å². The number of fused-ring (bicyclic) bond motifs is 2. The highest BCUT2D eigenvalue weighted by Crippen LogP contribution is 2.19. The van der Waals surface area contributed by atoms with Crippen LogP contribution in [-0.4, -0.2) is 20.4 Å². The van der Waals surface area contributed by atoms with Gasteiger partial charge in [-0.1, -0.05) is 18.6 Å². The number of amides is 1. The van der Waals surface area contributed by atoms with Crippen molar-refractivity contribution in [1.29, 1.82) is 0 Å². The maximum absolute atomic E-state index is 12.9.